The summed E-state index contributed by atoms with van der Waals surface area (Å²) >= 11 is 1.83. The molecule has 1 aliphatic rings. The third kappa shape index (κ3) is 2.47. The van der Waals surface area contributed by atoms with E-state index in [0.29, 0.717) is 10.3 Å². The third-order valence-corrected chi connectivity index (χ3v) is 3.24. The summed E-state index contributed by atoms with van der Waals surface area (Å²) in [5.74, 6) is 0. The molecule has 0 bridgehead atoms. The van der Waals surface area contributed by atoms with Crippen molar-refractivity contribution in [3.63, 3.8) is 0 Å². The van der Waals surface area contributed by atoms with E-state index in [9.17, 15) is 8.78 Å². The SMILES string of the molecule is FC(F)c1cn(C2CCCCO2)nc1I. The van der Waals surface area contributed by atoms with E-state index in [0.717, 1.165) is 19.3 Å². The zero-order chi connectivity index (χ0) is 10.8. The van der Waals surface area contributed by atoms with Crippen LogP contribution in [0.2, 0.25) is 0 Å². The minimum absolute atomic E-state index is 0.00947. The smallest absolute Gasteiger partial charge is 0.267 e. The first-order valence-electron chi connectivity index (χ1n) is 4.83. The van der Waals surface area contributed by atoms with Gasteiger partial charge in [0.25, 0.3) is 6.43 Å². The van der Waals surface area contributed by atoms with Crippen LogP contribution >= 0.6 is 22.6 Å². The number of nitrogens with zero attached hydrogens (tertiary/aromatic N) is 2. The molecule has 15 heavy (non-hydrogen) atoms. The lowest BCUT2D eigenvalue weighted by Gasteiger charge is -2.22. The van der Waals surface area contributed by atoms with Gasteiger partial charge >= 0.3 is 0 Å². The van der Waals surface area contributed by atoms with Crippen molar-refractivity contribution in [3.8, 4) is 0 Å². The van der Waals surface area contributed by atoms with Gasteiger partial charge in [0.1, 0.15) is 9.93 Å². The quantitative estimate of drug-likeness (QED) is 0.780. The molecule has 0 aliphatic carbocycles. The minimum Gasteiger partial charge on any atom is -0.357 e. The van der Waals surface area contributed by atoms with E-state index in [1.165, 1.54) is 10.9 Å². The molecule has 3 nitrogen and oxygen atoms in total. The molecule has 0 N–H and O–H groups in total. The van der Waals surface area contributed by atoms with Crippen LogP contribution in [0, 0.1) is 3.70 Å². The van der Waals surface area contributed by atoms with Gasteiger partial charge in [-0.3, -0.25) is 0 Å². The topological polar surface area (TPSA) is 27.1 Å². The number of rotatable bonds is 2. The second kappa shape index (κ2) is 4.73. The van der Waals surface area contributed by atoms with E-state index in [1.54, 1.807) is 0 Å². The standard InChI is InChI=1S/C9H11F2IN2O/c10-8(11)6-5-14(13-9(6)12)7-3-1-2-4-15-7/h5,7-8H,1-4H2. The fourth-order valence-electron chi connectivity index (χ4n) is 1.61. The molecule has 0 saturated carbocycles. The van der Waals surface area contributed by atoms with Crippen molar-refractivity contribution in [2.75, 3.05) is 6.61 Å². The molecule has 1 aromatic rings. The van der Waals surface area contributed by atoms with Crippen LogP contribution in [0.5, 0.6) is 0 Å². The molecule has 1 atom stereocenters. The van der Waals surface area contributed by atoms with Gasteiger partial charge in [-0.1, -0.05) is 0 Å². The van der Waals surface area contributed by atoms with Crippen LogP contribution in [0.1, 0.15) is 37.5 Å². The molecule has 1 unspecified atom stereocenters. The average molecular weight is 328 g/mol. The zero-order valence-electron chi connectivity index (χ0n) is 8.00. The van der Waals surface area contributed by atoms with Crippen molar-refractivity contribution in [2.24, 2.45) is 0 Å². The Labute approximate surface area is 99.9 Å². The molecule has 0 amide bonds. The Hall–Kier alpha value is -0.240. The first-order valence-corrected chi connectivity index (χ1v) is 5.90. The van der Waals surface area contributed by atoms with Crippen LogP contribution in [0.3, 0.4) is 0 Å². The molecule has 2 rings (SSSR count). The van der Waals surface area contributed by atoms with Crippen molar-refractivity contribution < 1.29 is 13.5 Å². The van der Waals surface area contributed by atoms with E-state index in [4.69, 9.17) is 4.74 Å². The highest BCUT2D eigenvalue weighted by Crippen LogP contribution is 2.27. The van der Waals surface area contributed by atoms with Gasteiger partial charge in [0.15, 0.2) is 0 Å². The highest BCUT2D eigenvalue weighted by molar-refractivity contribution is 14.1. The van der Waals surface area contributed by atoms with Crippen molar-refractivity contribution in [1.82, 2.24) is 9.78 Å². The molecule has 1 aliphatic heterocycles. The maximum absolute atomic E-state index is 12.5. The van der Waals surface area contributed by atoms with Gasteiger partial charge in [0, 0.05) is 12.8 Å². The van der Waals surface area contributed by atoms with E-state index >= 15 is 0 Å². The Morgan fingerprint density at radius 2 is 2.33 bits per heavy atom. The maximum Gasteiger partial charge on any atom is 0.267 e. The highest BCUT2D eigenvalue weighted by atomic mass is 127. The number of hydrogen-bond acceptors (Lipinski definition) is 2. The summed E-state index contributed by atoms with van der Waals surface area (Å²) in [5.41, 5.74) is -0.00947. The zero-order valence-corrected chi connectivity index (χ0v) is 10.2. The summed E-state index contributed by atoms with van der Waals surface area (Å²) in [5, 5.41) is 4.05. The lowest BCUT2D eigenvalue weighted by molar-refractivity contribution is -0.0398. The molecule has 1 saturated heterocycles. The Morgan fingerprint density at radius 3 is 2.87 bits per heavy atom. The van der Waals surface area contributed by atoms with Crippen LogP contribution in [-0.4, -0.2) is 16.4 Å². The highest BCUT2D eigenvalue weighted by Gasteiger charge is 2.21. The van der Waals surface area contributed by atoms with Gasteiger partial charge in [-0.15, -0.1) is 0 Å². The lowest BCUT2D eigenvalue weighted by Crippen LogP contribution is -2.18. The van der Waals surface area contributed by atoms with Crippen molar-refractivity contribution in [3.05, 3.63) is 15.5 Å². The van der Waals surface area contributed by atoms with E-state index in [1.807, 2.05) is 22.6 Å². The summed E-state index contributed by atoms with van der Waals surface area (Å²) in [7, 11) is 0. The maximum atomic E-state index is 12.5. The molecular formula is C9H11F2IN2O. The van der Waals surface area contributed by atoms with Crippen LogP contribution in [0.25, 0.3) is 0 Å². The Kier molecular flexibility index (Phi) is 3.55. The second-order valence-corrected chi connectivity index (χ2v) is 4.50. The second-order valence-electron chi connectivity index (χ2n) is 3.48. The summed E-state index contributed by atoms with van der Waals surface area (Å²) in [6.07, 6.45) is 1.71. The molecule has 1 aromatic heterocycles. The molecule has 6 heteroatoms. The summed E-state index contributed by atoms with van der Waals surface area (Å²) in [6, 6.07) is 0. The number of alkyl halides is 2. The van der Waals surface area contributed by atoms with E-state index in [-0.39, 0.29) is 11.8 Å². The minimum atomic E-state index is -2.46. The Morgan fingerprint density at radius 1 is 1.53 bits per heavy atom. The molecule has 0 aromatic carbocycles. The number of hydrogen-bond donors (Lipinski definition) is 0. The van der Waals surface area contributed by atoms with Gasteiger partial charge in [-0.2, -0.15) is 5.10 Å². The first kappa shape index (κ1) is 11.3. The average Bonchev–Trinajstić information content (AvgIpc) is 2.62. The summed E-state index contributed by atoms with van der Waals surface area (Å²) in [4.78, 5) is 0. The third-order valence-electron chi connectivity index (χ3n) is 2.40. The predicted octanol–water partition coefficient (Wildman–Crippen LogP) is 3.12. The first-order chi connectivity index (χ1) is 7.18. The van der Waals surface area contributed by atoms with Gasteiger partial charge < -0.3 is 4.74 Å². The monoisotopic (exact) mass is 328 g/mol. The normalized spacial score (nSPS) is 22.3. The largest absolute Gasteiger partial charge is 0.357 e. The molecule has 2 heterocycles. The predicted molar refractivity (Wildman–Crippen MR) is 58.7 cm³/mol. The Balaban J connectivity index is 2.17. The fraction of sp³-hybridized carbons (Fsp3) is 0.667. The molecular weight excluding hydrogens is 317 g/mol. The van der Waals surface area contributed by atoms with E-state index in [2.05, 4.69) is 5.10 Å². The van der Waals surface area contributed by atoms with Crippen LogP contribution in [0.4, 0.5) is 8.78 Å². The summed E-state index contributed by atoms with van der Waals surface area (Å²) < 4.78 is 32.4. The molecule has 0 radical (unpaired) electrons. The lowest BCUT2D eigenvalue weighted by atomic mass is 10.2. The van der Waals surface area contributed by atoms with Gasteiger partial charge in [-0.05, 0) is 41.9 Å². The molecule has 0 spiro atoms. The number of ether oxygens (including phenoxy) is 1. The van der Waals surface area contributed by atoms with Gasteiger partial charge in [0.05, 0.1) is 5.56 Å². The van der Waals surface area contributed by atoms with Gasteiger partial charge in [-0.25, -0.2) is 13.5 Å². The van der Waals surface area contributed by atoms with Crippen LogP contribution in [-0.2, 0) is 4.74 Å². The summed E-state index contributed by atoms with van der Waals surface area (Å²) in [6.45, 7) is 0.686. The van der Waals surface area contributed by atoms with Crippen molar-refractivity contribution in [2.45, 2.75) is 31.9 Å². The van der Waals surface area contributed by atoms with Crippen molar-refractivity contribution >= 4 is 22.6 Å². The van der Waals surface area contributed by atoms with Gasteiger partial charge in [0.2, 0.25) is 0 Å². The number of aromatic nitrogens is 2. The molecule has 84 valence electrons. The van der Waals surface area contributed by atoms with Crippen LogP contribution < -0.4 is 0 Å². The Bertz CT molecular complexity index is 337. The van der Waals surface area contributed by atoms with Crippen molar-refractivity contribution in [1.29, 1.82) is 0 Å². The molecule has 1 fully saturated rings. The number of halogens is 3. The fourth-order valence-corrected chi connectivity index (χ4v) is 2.23. The van der Waals surface area contributed by atoms with E-state index < -0.39 is 6.43 Å². The van der Waals surface area contributed by atoms with Crippen LogP contribution in [0.15, 0.2) is 6.20 Å².